The highest BCUT2D eigenvalue weighted by atomic mass is 32.2. The van der Waals surface area contributed by atoms with E-state index in [0.29, 0.717) is 12.5 Å². The fourth-order valence-electron chi connectivity index (χ4n) is 2.56. The molecule has 1 aromatic carbocycles. The minimum Gasteiger partial charge on any atom is -0.308 e. The third kappa shape index (κ3) is 5.37. The van der Waals surface area contributed by atoms with Crippen molar-refractivity contribution in [2.45, 2.75) is 38.3 Å². The normalized spacial score (nSPS) is 17.7. The Balaban J connectivity index is 2.02. The topological polar surface area (TPSA) is 58.2 Å². The maximum Gasteiger partial charge on any atom is 0.209 e. The predicted octanol–water partition coefficient (Wildman–Crippen LogP) is 2.19. The first-order valence-electron chi connectivity index (χ1n) is 7.14. The molecule has 1 atom stereocenters. The molecule has 0 radical (unpaired) electrons. The number of halogens is 1. The summed E-state index contributed by atoms with van der Waals surface area (Å²) in [5.74, 6) is 0.303. The van der Waals surface area contributed by atoms with Crippen molar-refractivity contribution in [3.63, 3.8) is 0 Å². The van der Waals surface area contributed by atoms with Crippen LogP contribution in [0, 0.1) is 11.7 Å². The zero-order chi connectivity index (χ0) is 15.7. The largest absolute Gasteiger partial charge is 0.308 e. The van der Waals surface area contributed by atoms with Gasteiger partial charge < -0.3 is 5.32 Å². The van der Waals surface area contributed by atoms with Crippen molar-refractivity contribution < 1.29 is 12.8 Å². The number of sulfonamides is 1. The van der Waals surface area contributed by atoms with Crippen LogP contribution in [0.5, 0.6) is 0 Å². The van der Waals surface area contributed by atoms with Crippen LogP contribution in [0.4, 0.5) is 4.39 Å². The lowest BCUT2D eigenvalue weighted by molar-refractivity contribution is 0.374. The van der Waals surface area contributed by atoms with Gasteiger partial charge in [-0.15, -0.1) is 0 Å². The maximum atomic E-state index is 13.0. The van der Waals surface area contributed by atoms with E-state index in [0.717, 1.165) is 24.7 Å². The van der Waals surface area contributed by atoms with Gasteiger partial charge in [0.1, 0.15) is 5.82 Å². The molecule has 1 aromatic rings. The van der Waals surface area contributed by atoms with Crippen LogP contribution in [0.15, 0.2) is 24.3 Å². The molecule has 4 nitrogen and oxygen atoms in total. The molecule has 0 aliphatic heterocycles. The van der Waals surface area contributed by atoms with Crippen molar-refractivity contribution in [1.82, 2.24) is 10.0 Å². The van der Waals surface area contributed by atoms with Crippen molar-refractivity contribution >= 4 is 10.0 Å². The smallest absolute Gasteiger partial charge is 0.209 e. The Morgan fingerprint density at radius 3 is 2.33 bits per heavy atom. The third-order valence-corrected chi connectivity index (χ3v) is 4.47. The Morgan fingerprint density at radius 1 is 1.29 bits per heavy atom. The van der Waals surface area contributed by atoms with Gasteiger partial charge in [0.2, 0.25) is 10.0 Å². The standard InChI is InChI=1S/C15H23FN2O2S/c1-15(2,18-21(3,19)20)10-17-14(11-4-5-11)12-6-8-13(16)9-7-12/h6-9,11,14,17-18H,4-5,10H2,1-3H3. The van der Waals surface area contributed by atoms with E-state index < -0.39 is 15.6 Å². The summed E-state index contributed by atoms with van der Waals surface area (Å²) in [6.07, 6.45) is 3.46. The van der Waals surface area contributed by atoms with Crippen molar-refractivity contribution in [3.05, 3.63) is 35.6 Å². The highest BCUT2D eigenvalue weighted by Crippen LogP contribution is 2.41. The summed E-state index contributed by atoms with van der Waals surface area (Å²) < 4.78 is 38.4. The first-order valence-corrected chi connectivity index (χ1v) is 9.03. The number of benzene rings is 1. The molecular formula is C15H23FN2O2S. The predicted molar refractivity (Wildman–Crippen MR) is 81.9 cm³/mol. The molecule has 1 aliphatic rings. The summed E-state index contributed by atoms with van der Waals surface area (Å²) in [6, 6.07) is 6.66. The van der Waals surface area contributed by atoms with Gasteiger partial charge in [-0.3, -0.25) is 0 Å². The first-order chi connectivity index (χ1) is 9.66. The summed E-state index contributed by atoms with van der Waals surface area (Å²) in [6.45, 7) is 4.20. The van der Waals surface area contributed by atoms with Gasteiger partial charge in [-0.25, -0.2) is 17.5 Å². The molecule has 1 fully saturated rings. The average molecular weight is 314 g/mol. The molecule has 0 bridgehead atoms. The lowest BCUT2D eigenvalue weighted by atomic mass is 10.00. The molecule has 0 aromatic heterocycles. The Kier molecular flexibility index (Phi) is 4.70. The van der Waals surface area contributed by atoms with E-state index in [9.17, 15) is 12.8 Å². The van der Waals surface area contributed by atoms with Gasteiger partial charge in [0.15, 0.2) is 0 Å². The van der Waals surface area contributed by atoms with Crippen molar-refractivity contribution in [2.75, 3.05) is 12.8 Å². The van der Waals surface area contributed by atoms with Gasteiger partial charge in [0.25, 0.3) is 0 Å². The van der Waals surface area contributed by atoms with Crippen LogP contribution >= 0.6 is 0 Å². The fourth-order valence-corrected chi connectivity index (χ4v) is 3.64. The molecule has 0 amide bonds. The zero-order valence-corrected chi connectivity index (χ0v) is 13.5. The Hall–Kier alpha value is -0.980. The highest BCUT2D eigenvalue weighted by molar-refractivity contribution is 7.88. The molecule has 0 spiro atoms. The van der Waals surface area contributed by atoms with Gasteiger partial charge in [-0.2, -0.15) is 0 Å². The third-order valence-electron chi connectivity index (χ3n) is 3.55. The molecule has 2 rings (SSSR count). The molecule has 2 N–H and O–H groups in total. The fraction of sp³-hybridized carbons (Fsp3) is 0.600. The molecule has 1 aliphatic carbocycles. The van der Waals surface area contributed by atoms with Crippen molar-refractivity contribution in [2.24, 2.45) is 5.92 Å². The van der Waals surface area contributed by atoms with Gasteiger partial charge in [-0.05, 0) is 50.3 Å². The summed E-state index contributed by atoms with van der Waals surface area (Å²) in [4.78, 5) is 0. The molecule has 0 saturated heterocycles. The van der Waals surface area contributed by atoms with Crippen LogP contribution in [0.1, 0.15) is 38.3 Å². The quantitative estimate of drug-likeness (QED) is 0.811. The minimum absolute atomic E-state index is 0.145. The van der Waals surface area contributed by atoms with Crippen LogP contribution < -0.4 is 10.0 Å². The molecule has 118 valence electrons. The Morgan fingerprint density at radius 2 is 1.86 bits per heavy atom. The van der Waals surface area contributed by atoms with E-state index in [-0.39, 0.29) is 11.9 Å². The van der Waals surface area contributed by atoms with Crippen molar-refractivity contribution in [3.8, 4) is 0 Å². The van der Waals surface area contributed by atoms with E-state index in [1.165, 1.54) is 12.1 Å². The lowest BCUT2D eigenvalue weighted by Crippen LogP contribution is -2.50. The van der Waals surface area contributed by atoms with E-state index in [1.807, 2.05) is 13.8 Å². The van der Waals surface area contributed by atoms with Crippen molar-refractivity contribution in [1.29, 1.82) is 0 Å². The Labute approximate surface area is 126 Å². The highest BCUT2D eigenvalue weighted by Gasteiger charge is 2.33. The Bertz CT molecular complexity index is 580. The number of rotatable bonds is 7. The van der Waals surface area contributed by atoms with E-state index in [4.69, 9.17) is 0 Å². The number of hydrogen-bond acceptors (Lipinski definition) is 3. The number of nitrogens with one attached hydrogen (secondary N) is 2. The van der Waals surface area contributed by atoms with E-state index in [1.54, 1.807) is 12.1 Å². The van der Waals surface area contributed by atoms with Crippen LogP contribution in [-0.4, -0.2) is 26.8 Å². The molecule has 0 heterocycles. The van der Waals surface area contributed by atoms with Crippen LogP contribution in [-0.2, 0) is 10.0 Å². The zero-order valence-electron chi connectivity index (χ0n) is 12.7. The second kappa shape index (κ2) is 6.02. The second-order valence-corrected chi connectivity index (χ2v) is 8.25. The first kappa shape index (κ1) is 16.4. The molecule has 1 unspecified atom stereocenters. The summed E-state index contributed by atoms with van der Waals surface area (Å²) in [7, 11) is -3.24. The SMILES string of the molecule is CC(C)(CNC(c1ccc(F)cc1)C1CC1)NS(C)(=O)=O. The summed E-state index contributed by atoms with van der Waals surface area (Å²) in [5.41, 5.74) is 0.481. The van der Waals surface area contributed by atoms with E-state index >= 15 is 0 Å². The monoisotopic (exact) mass is 314 g/mol. The van der Waals surface area contributed by atoms with Crippen LogP contribution in [0.25, 0.3) is 0 Å². The van der Waals surface area contributed by atoms with Gasteiger partial charge in [0, 0.05) is 18.1 Å². The van der Waals surface area contributed by atoms with Crippen LogP contribution in [0.3, 0.4) is 0 Å². The molecular weight excluding hydrogens is 291 g/mol. The van der Waals surface area contributed by atoms with Gasteiger partial charge >= 0.3 is 0 Å². The average Bonchev–Trinajstić information content (AvgIpc) is 3.12. The minimum atomic E-state index is -3.24. The number of hydrogen-bond donors (Lipinski definition) is 2. The molecule has 21 heavy (non-hydrogen) atoms. The molecule has 1 saturated carbocycles. The lowest BCUT2D eigenvalue weighted by Gasteiger charge is -2.29. The van der Waals surface area contributed by atoms with E-state index in [2.05, 4.69) is 10.0 Å². The molecule has 6 heteroatoms. The van der Waals surface area contributed by atoms with Crippen LogP contribution in [0.2, 0.25) is 0 Å². The van der Waals surface area contributed by atoms with Gasteiger partial charge in [-0.1, -0.05) is 12.1 Å². The maximum absolute atomic E-state index is 13.0. The second-order valence-electron chi connectivity index (χ2n) is 6.51. The summed E-state index contributed by atoms with van der Waals surface area (Å²) >= 11 is 0. The summed E-state index contributed by atoms with van der Waals surface area (Å²) in [5, 5.41) is 3.43. The van der Waals surface area contributed by atoms with Gasteiger partial charge in [0.05, 0.1) is 6.26 Å².